The van der Waals surface area contributed by atoms with Crippen LogP contribution in [0.1, 0.15) is 28.7 Å². The second-order valence-corrected chi connectivity index (χ2v) is 6.67. The van der Waals surface area contributed by atoms with Crippen molar-refractivity contribution in [2.24, 2.45) is 7.05 Å². The van der Waals surface area contributed by atoms with E-state index in [0.29, 0.717) is 22.0 Å². The highest BCUT2D eigenvalue weighted by Gasteiger charge is 2.26. The Labute approximate surface area is 143 Å². The number of amides is 1. The maximum atomic E-state index is 12.2. The number of carbonyl (C=O) groups is 1. The Morgan fingerprint density at radius 1 is 1.50 bits per heavy atom. The van der Waals surface area contributed by atoms with Gasteiger partial charge in [0, 0.05) is 24.2 Å². The highest BCUT2D eigenvalue weighted by Crippen LogP contribution is 2.25. The van der Waals surface area contributed by atoms with E-state index in [9.17, 15) is 9.90 Å². The molecule has 0 saturated heterocycles. The van der Waals surface area contributed by atoms with Gasteiger partial charge in [0.2, 0.25) is 0 Å². The molecular formula is C16H18N4O3S. The lowest BCUT2D eigenvalue weighted by molar-refractivity contribution is 0.0524. The molecule has 3 aromatic heterocycles. The van der Waals surface area contributed by atoms with Gasteiger partial charge < -0.3 is 14.8 Å². The third-order valence-electron chi connectivity index (χ3n) is 3.61. The van der Waals surface area contributed by atoms with Gasteiger partial charge in [0.25, 0.3) is 5.91 Å². The van der Waals surface area contributed by atoms with Gasteiger partial charge in [0.1, 0.15) is 17.1 Å². The molecule has 126 valence electrons. The predicted octanol–water partition coefficient (Wildman–Crippen LogP) is 2.08. The number of hydrogen-bond donors (Lipinski definition) is 2. The summed E-state index contributed by atoms with van der Waals surface area (Å²) in [6.45, 7) is 3.54. The quantitative estimate of drug-likeness (QED) is 0.738. The second kappa shape index (κ2) is 6.21. The zero-order valence-corrected chi connectivity index (χ0v) is 14.4. The first-order valence-electron chi connectivity index (χ1n) is 7.37. The standard InChI is InChI=1S/C16H18N4O3S/c1-10-4-5-13(23-10)15-19-12(8-24-15)14(21)17-9-16(2,22)11-6-18-20(3)7-11/h4-8,22H,9H2,1-3H3,(H,17,21). The van der Waals surface area contributed by atoms with E-state index in [1.807, 2.05) is 19.1 Å². The molecule has 1 amide bonds. The van der Waals surface area contributed by atoms with Crippen molar-refractivity contribution in [3.8, 4) is 10.8 Å². The molecule has 3 heterocycles. The number of nitrogens with one attached hydrogen (secondary N) is 1. The molecule has 24 heavy (non-hydrogen) atoms. The number of furan rings is 1. The smallest absolute Gasteiger partial charge is 0.270 e. The van der Waals surface area contributed by atoms with Crippen LogP contribution in [0.3, 0.4) is 0 Å². The molecule has 7 nitrogen and oxygen atoms in total. The van der Waals surface area contributed by atoms with Crippen LogP contribution >= 0.6 is 11.3 Å². The first-order valence-corrected chi connectivity index (χ1v) is 8.25. The minimum Gasteiger partial charge on any atom is -0.459 e. The van der Waals surface area contributed by atoms with Gasteiger partial charge in [-0.15, -0.1) is 11.3 Å². The second-order valence-electron chi connectivity index (χ2n) is 5.81. The summed E-state index contributed by atoms with van der Waals surface area (Å²) >= 11 is 1.34. The third-order valence-corrected chi connectivity index (χ3v) is 4.46. The normalized spacial score (nSPS) is 13.7. The average Bonchev–Trinajstić information content (AvgIpc) is 3.24. The molecule has 3 rings (SSSR count). The van der Waals surface area contributed by atoms with Gasteiger partial charge >= 0.3 is 0 Å². The maximum Gasteiger partial charge on any atom is 0.270 e. The van der Waals surface area contributed by atoms with Gasteiger partial charge in [0.05, 0.1) is 12.7 Å². The number of aryl methyl sites for hydroxylation is 2. The fourth-order valence-electron chi connectivity index (χ4n) is 2.19. The molecule has 0 radical (unpaired) electrons. The van der Waals surface area contributed by atoms with Crippen LogP contribution in [0, 0.1) is 6.92 Å². The first-order chi connectivity index (χ1) is 11.3. The van der Waals surface area contributed by atoms with E-state index in [0.717, 1.165) is 5.76 Å². The summed E-state index contributed by atoms with van der Waals surface area (Å²) in [7, 11) is 1.77. The Balaban J connectivity index is 1.66. The fourth-order valence-corrected chi connectivity index (χ4v) is 2.94. The van der Waals surface area contributed by atoms with Gasteiger partial charge in [-0.05, 0) is 26.0 Å². The van der Waals surface area contributed by atoms with Crippen molar-refractivity contribution in [2.75, 3.05) is 6.54 Å². The molecule has 0 fully saturated rings. The van der Waals surface area contributed by atoms with Crippen LogP contribution in [0.15, 0.2) is 34.3 Å². The summed E-state index contributed by atoms with van der Waals surface area (Å²) in [6, 6.07) is 3.67. The molecule has 1 unspecified atom stereocenters. The van der Waals surface area contributed by atoms with Crippen molar-refractivity contribution in [2.45, 2.75) is 19.4 Å². The average molecular weight is 346 g/mol. The number of carbonyl (C=O) groups excluding carboxylic acids is 1. The minimum atomic E-state index is -1.21. The maximum absolute atomic E-state index is 12.2. The summed E-state index contributed by atoms with van der Waals surface area (Å²) in [5.74, 6) is 1.09. The van der Waals surface area contributed by atoms with Crippen LogP contribution in [0.2, 0.25) is 0 Å². The predicted molar refractivity (Wildman–Crippen MR) is 89.7 cm³/mol. The van der Waals surface area contributed by atoms with Crippen LogP contribution in [-0.2, 0) is 12.6 Å². The summed E-state index contributed by atoms with van der Waals surface area (Å²) in [6.07, 6.45) is 3.29. The Kier molecular flexibility index (Phi) is 4.25. The molecular weight excluding hydrogens is 328 g/mol. The highest BCUT2D eigenvalue weighted by molar-refractivity contribution is 7.13. The number of hydrogen-bond acceptors (Lipinski definition) is 6. The third kappa shape index (κ3) is 3.39. The van der Waals surface area contributed by atoms with Gasteiger partial charge in [-0.1, -0.05) is 0 Å². The van der Waals surface area contributed by atoms with E-state index in [1.54, 1.807) is 36.4 Å². The van der Waals surface area contributed by atoms with Crippen molar-refractivity contribution in [3.63, 3.8) is 0 Å². The van der Waals surface area contributed by atoms with Crippen molar-refractivity contribution in [1.29, 1.82) is 0 Å². The molecule has 0 aromatic carbocycles. The van der Waals surface area contributed by atoms with E-state index in [-0.39, 0.29) is 12.5 Å². The van der Waals surface area contributed by atoms with Crippen molar-refractivity contribution in [3.05, 3.63) is 46.9 Å². The first kappa shape index (κ1) is 16.4. The molecule has 2 N–H and O–H groups in total. The van der Waals surface area contributed by atoms with E-state index < -0.39 is 5.60 Å². The Bertz CT molecular complexity index is 862. The SMILES string of the molecule is Cc1ccc(-c2nc(C(=O)NCC(C)(O)c3cnn(C)c3)cs2)o1. The lowest BCUT2D eigenvalue weighted by Gasteiger charge is -2.21. The number of nitrogens with zero attached hydrogens (tertiary/aromatic N) is 3. The number of aromatic nitrogens is 3. The van der Waals surface area contributed by atoms with Gasteiger partial charge in [-0.25, -0.2) is 4.98 Å². The van der Waals surface area contributed by atoms with Crippen molar-refractivity contribution >= 4 is 17.2 Å². The van der Waals surface area contributed by atoms with E-state index >= 15 is 0 Å². The number of aliphatic hydroxyl groups is 1. The zero-order chi connectivity index (χ0) is 17.3. The summed E-state index contributed by atoms with van der Waals surface area (Å²) in [4.78, 5) is 16.5. The summed E-state index contributed by atoms with van der Waals surface area (Å²) in [5.41, 5.74) is -0.276. The Morgan fingerprint density at radius 2 is 2.29 bits per heavy atom. The van der Waals surface area contributed by atoms with Crippen LogP contribution in [0.4, 0.5) is 0 Å². The molecule has 0 saturated carbocycles. The Hall–Kier alpha value is -2.45. The van der Waals surface area contributed by atoms with Crippen molar-refractivity contribution < 1.29 is 14.3 Å². The molecule has 0 aliphatic heterocycles. The van der Waals surface area contributed by atoms with Gasteiger partial charge in [-0.2, -0.15) is 5.10 Å². The van der Waals surface area contributed by atoms with Crippen LogP contribution in [-0.4, -0.2) is 32.3 Å². The lowest BCUT2D eigenvalue weighted by atomic mass is 10.00. The monoisotopic (exact) mass is 346 g/mol. The van der Waals surface area contributed by atoms with E-state index in [1.165, 1.54) is 11.3 Å². The number of rotatable bonds is 5. The van der Waals surface area contributed by atoms with Crippen LogP contribution in [0.5, 0.6) is 0 Å². The topological polar surface area (TPSA) is 93.2 Å². The van der Waals surface area contributed by atoms with Crippen LogP contribution in [0.25, 0.3) is 10.8 Å². The molecule has 0 aliphatic rings. The zero-order valence-electron chi connectivity index (χ0n) is 13.6. The minimum absolute atomic E-state index is 0.0598. The van der Waals surface area contributed by atoms with Crippen molar-refractivity contribution in [1.82, 2.24) is 20.1 Å². The largest absolute Gasteiger partial charge is 0.459 e. The lowest BCUT2D eigenvalue weighted by Crippen LogP contribution is -2.38. The molecule has 1 atom stereocenters. The molecule has 0 spiro atoms. The molecule has 3 aromatic rings. The Morgan fingerprint density at radius 3 is 2.92 bits per heavy atom. The van der Waals surface area contributed by atoms with Gasteiger partial charge in [-0.3, -0.25) is 9.48 Å². The van der Waals surface area contributed by atoms with Gasteiger partial charge in [0.15, 0.2) is 10.8 Å². The highest BCUT2D eigenvalue weighted by atomic mass is 32.1. The molecule has 0 bridgehead atoms. The summed E-state index contributed by atoms with van der Waals surface area (Å²) < 4.78 is 7.10. The van der Waals surface area contributed by atoms with E-state index in [2.05, 4.69) is 15.4 Å². The van der Waals surface area contributed by atoms with E-state index in [4.69, 9.17) is 4.42 Å². The molecule has 8 heteroatoms. The fraction of sp³-hybridized carbons (Fsp3) is 0.312. The molecule has 0 aliphatic carbocycles. The number of thiazole rings is 1. The van der Waals surface area contributed by atoms with Crippen LogP contribution < -0.4 is 5.32 Å². The summed E-state index contributed by atoms with van der Waals surface area (Å²) in [5, 5.41) is 19.5.